The molecule has 2 aliphatic rings. The minimum atomic E-state index is -0.303. The molecule has 6 nitrogen and oxygen atoms in total. The summed E-state index contributed by atoms with van der Waals surface area (Å²) in [6.45, 7) is 4.47. The Morgan fingerprint density at radius 3 is 2.23 bits per heavy atom. The van der Waals surface area contributed by atoms with Gasteiger partial charge in [-0.3, -0.25) is 19.3 Å². The van der Waals surface area contributed by atoms with Crippen molar-refractivity contribution in [2.24, 2.45) is 11.8 Å². The van der Waals surface area contributed by atoms with Crippen molar-refractivity contribution in [2.45, 2.75) is 39.7 Å². The molecule has 31 heavy (non-hydrogen) atoms. The summed E-state index contributed by atoms with van der Waals surface area (Å²) in [5.41, 5.74) is 3.63. The molecule has 6 heteroatoms. The van der Waals surface area contributed by atoms with Crippen molar-refractivity contribution in [2.75, 3.05) is 13.7 Å². The van der Waals surface area contributed by atoms with Crippen LogP contribution in [0, 0.1) is 25.7 Å². The van der Waals surface area contributed by atoms with Crippen molar-refractivity contribution in [3.05, 3.63) is 65.0 Å². The summed E-state index contributed by atoms with van der Waals surface area (Å²) in [6.07, 6.45) is 5.90. The lowest BCUT2D eigenvalue weighted by molar-refractivity contribution is -0.139. The molecular weight excluding hydrogens is 392 g/mol. The average molecular weight is 421 g/mol. The third-order valence-electron chi connectivity index (χ3n) is 6.56. The van der Waals surface area contributed by atoms with Crippen LogP contribution < -0.4 is 4.74 Å². The topological polar surface area (TPSA) is 68.6 Å². The van der Waals surface area contributed by atoms with Gasteiger partial charge in [0.25, 0.3) is 0 Å². The zero-order chi connectivity index (χ0) is 22.1. The number of allylic oxidation sites excluding steroid dienone is 2. The van der Waals surface area contributed by atoms with E-state index in [-0.39, 0.29) is 36.0 Å². The van der Waals surface area contributed by atoms with Gasteiger partial charge in [-0.15, -0.1) is 0 Å². The maximum atomic E-state index is 13.0. The van der Waals surface area contributed by atoms with Crippen LogP contribution in [0.4, 0.5) is 0 Å². The smallest absolute Gasteiger partial charge is 0.233 e. The number of aryl methyl sites for hydroxylation is 2. The molecule has 2 heterocycles. The van der Waals surface area contributed by atoms with Crippen LogP contribution in [0.5, 0.6) is 5.75 Å². The maximum Gasteiger partial charge on any atom is 0.233 e. The number of hydrogen-bond acceptors (Lipinski definition) is 4. The van der Waals surface area contributed by atoms with E-state index in [2.05, 4.69) is 4.57 Å². The normalized spacial score (nSPS) is 20.3. The quantitative estimate of drug-likeness (QED) is 0.391. The Kier molecular flexibility index (Phi) is 5.81. The molecule has 0 unspecified atom stereocenters. The first kappa shape index (κ1) is 21.1. The van der Waals surface area contributed by atoms with Crippen LogP contribution in [0.25, 0.3) is 0 Å². The molecule has 162 valence electrons. The Balaban J connectivity index is 1.45. The van der Waals surface area contributed by atoms with Gasteiger partial charge in [-0.25, -0.2) is 0 Å². The number of imide groups is 1. The molecule has 0 radical (unpaired) electrons. The minimum Gasteiger partial charge on any atom is -0.497 e. The van der Waals surface area contributed by atoms with E-state index in [4.69, 9.17) is 4.74 Å². The van der Waals surface area contributed by atoms with Crippen LogP contribution in [0.1, 0.15) is 40.2 Å². The largest absolute Gasteiger partial charge is 0.497 e. The molecule has 1 aliphatic heterocycles. The number of aromatic nitrogens is 1. The van der Waals surface area contributed by atoms with Gasteiger partial charge in [-0.1, -0.05) is 24.3 Å². The molecule has 2 aromatic rings. The second-order valence-corrected chi connectivity index (χ2v) is 8.38. The lowest BCUT2D eigenvalue weighted by Crippen LogP contribution is -2.36. The molecule has 1 aliphatic carbocycles. The van der Waals surface area contributed by atoms with E-state index in [1.807, 2.05) is 56.3 Å². The van der Waals surface area contributed by atoms with Gasteiger partial charge in [-0.2, -0.15) is 0 Å². The number of likely N-dealkylation sites (tertiary alicyclic amines) is 1. The Morgan fingerprint density at radius 1 is 1.03 bits per heavy atom. The first-order valence-electron chi connectivity index (χ1n) is 10.7. The van der Waals surface area contributed by atoms with Gasteiger partial charge < -0.3 is 9.30 Å². The molecule has 2 atom stereocenters. The molecule has 0 N–H and O–H groups in total. The molecule has 2 amide bonds. The highest BCUT2D eigenvalue weighted by molar-refractivity contribution is 6.10. The zero-order valence-electron chi connectivity index (χ0n) is 18.3. The van der Waals surface area contributed by atoms with Crippen molar-refractivity contribution < 1.29 is 19.1 Å². The van der Waals surface area contributed by atoms with E-state index in [9.17, 15) is 14.4 Å². The monoisotopic (exact) mass is 420 g/mol. The highest BCUT2D eigenvalue weighted by Crippen LogP contribution is 2.35. The third-order valence-corrected chi connectivity index (χ3v) is 6.56. The molecule has 4 rings (SSSR count). The van der Waals surface area contributed by atoms with Crippen LogP contribution in [-0.4, -0.2) is 40.7 Å². The first-order valence-corrected chi connectivity index (χ1v) is 10.7. The summed E-state index contributed by atoms with van der Waals surface area (Å²) in [4.78, 5) is 39.6. The van der Waals surface area contributed by atoms with Crippen molar-refractivity contribution in [1.29, 1.82) is 0 Å². The standard InChI is InChI=1S/C25H28N2O4/c1-16-14-22(17(2)26(16)13-12-18-8-10-19(31-3)11-9-18)23(28)15-27-24(29)20-6-4-5-7-21(20)25(27)30/h4-5,8-11,14,20-21H,6-7,12-13,15H2,1-3H3/t20-,21-/m0/s1. The third kappa shape index (κ3) is 3.94. The zero-order valence-corrected chi connectivity index (χ0v) is 18.3. The summed E-state index contributed by atoms with van der Waals surface area (Å²) in [6, 6.07) is 9.83. The van der Waals surface area contributed by atoms with Crippen molar-refractivity contribution in [3.63, 3.8) is 0 Å². The van der Waals surface area contributed by atoms with Gasteiger partial charge in [-0.05, 0) is 56.9 Å². The van der Waals surface area contributed by atoms with Gasteiger partial charge in [0, 0.05) is 23.5 Å². The Labute approximate surface area is 182 Å². The second-order valence-electron chi connectivity index (χ2n) is 8.38. The van der Waals surface area contributed by atoms with Gasteiger partial charge in [0.15, 0.2) is 5.78 Å². The fraction of sp³-hybridized carbons (Fsp3) is 0.400. The SMILES string of the molecule is COc1ccc(CCn2c(C)cc(C(=O)CN3C(=O)[C@H]4CC=CC[C@@H]4C3=O)c2C)cc1. The fourth-order valence-corrected chi connectivity index (χ4v) is 4.71. The maximum absolute atomic E-state index is 13.0. The number of ether oxygens (including phenoxy) is 1. The molecule has 1 aromatic carbocycles. The van der Waals surface area contributed by atoms with Crippen LogP contribution in [0.2, 0.25) is 0 Å². The number of carbonyl (C=O) groups is 3. The van der Waals surface area contributed by atoms with E-state index in [1.54, 1.807) is 7.11 Å². The van der Waals surface area contributed by atoms with Gasteiger partial charge in [0.2, 0.25) is 11.8 Å². The Morgan fingerprint density at radius 2 is 1.65 bits per heavy atom. The van der Waals surface area contributed by atoms with E-state index in [0.717, 1.165) is 30.1 Å². The van der Waals surface area contributed by atoms with Crippen molar-refractivity contribution in [1.82, 2.24) is 9.47 Å². The van der Waals surface area contributed by atoms with Crippen LogP contribution in [-0.2, 0) is 22.6 Å². The molecule has 0 spiro atoms. The number of rotatable bonds is 7. The number of amides is 2. The molecule has 1 fully saturated rings. The summed E-state index contributed by atoms with van der Waals surface area (Å²) >= 11 is 0. The second kappa shape index (κ2) is 8.53. The lowest BCUT2D eigenvalue weighted by Gasteiger charge is -2.14. The van der Waals surface area contributed by atoms with Gasteiger partial charge >= 0.3 is 0 Å². The number of ketones is 1. The van der Waals surface area contributed by atoms with E-state index in [0.29, 0.717) is 18.4 Å². The number of methoxy groups -OCH3 is 1. The highest BCUT2D eigenvalue weighted by Gasteiger charge is 2.47. The number of fused-ring (bicyclic) bond motifs is 1. The van der Waals surface area contributed by atoms with Crippen LogP contribution in [0.3, 0.4) is 0 Å². The minimum absolute atomic E-state index is 0.173. The Hall–Kier alpha value is -3.15. The van der Waals surface area contributed by atoms with Gasteiger partial charge in [0.05, 0.1) is 25.5 Å². The average Bonchev–Trinajstić information content (AvgIpc) is 3.20. The van der Waals surface area contributed by atoms with Crippen LogP contribution >= 0.6 is 0 Å². The van der Waals surface area contributed by atoms with Gasteiger partial charge in [0.1, 0.15) is 5.75 Å². The molecule has 0 saturated carbocycles. The molecular formula is C25H28N2O4. The van der Waals surface area contributed by atoms with Crippen molar-refractivity contribution >= 4 is 17.6 Å². The predicted octanol–water partition coefficient (Wildman–Crippen LogP) is 3.49. The number of carbonyl (C=O) groups excluding carboxylic acids is 3. The highest BCUT2D eigenvalue weighted by atomic mass is 16.5. The van der Waals surface area contributed by atoms with E-state index in [1.165, 1.54) is 10.5 Å². The van der Waals surface area contributed by atoms with Crippen LogP contribution in [0.15, 0.2) is 42.5 Å². The summed E-state index contributed by atoms with van der Waals surface area (Å²) in [5, 5.41) is 0. The number of nitrogens with zero attached hydrogens (tertiary/aromatic N) is 2. The molecule has 1 aromatic heterocycles. The van der Waals surface area contributed by atoms with Crippen molar-refractivity contribution in [3.8, 4) is 5.75 Å². The predicted molar refractivity (Wildman–Crippen MR) is 117 cm³/mol. The fourth-order valence-electron chi connectivity index (χ4n) is 4.71. The summed E-state index contributed by atoms with van der Waals surface area (Å²) < 4.78 is 7.32. The number of hydrogen-bond donors (Lipinski definition) is 0. The first-order chi connectivity index (χ1) is 14.9. The molecule has 1 saturated heterocycles. The summed E-state index contributed by atoms with van der Waals surface area (Å²) in [5.74, 6) is -0.379. The number of benzene rings is 1. The Bertz CT molecular complexity index is 1020. The van der Waals surface area contributed by atoms with E-state index >= 15 is 0 Å². The van der Waals surface area contributed by atoms with E-state index < -0.39 is 0 Å². The lowest BCUT2D eigenvalue weighted by atomic mass is 9.85. The number of Topliss-reactive ketones (excluding diaryl/α,β-unsaturated/α-hetero) is 1. The molecule has 0 bridgehead atoms. The summed E-state index contributed by atoms with van der Waals surface area (Å²) in [7, 11) is 1.65.